The van der Waals surface area contributed by atoms with E-state index in [1.54, 1.807) is 170 Å². The van der Waals surface area contributed by atoms with Crippen LogP contribution in [0.25, 0.3) is 43.1 Å². The molecule has 4 fully saturated rings. The molecule has 17 aromatic rings. The van der Waals surface area contributed by atoms with Crippen LogP contribution in [0.5, 0.6) is 92.5 Å². The normalized spacial score (nSPS) is 16.6. The summed E-state index contributed by atoms with van der Waals surface area (Å²) in [6, 6.07) is 64.3. The van der Waals surface area contributed by atoms with Crippen molar-refractivity contribution in [3.8, 4) is 92.5 Å². The number of nitrogens with zero attached hydrogens (tertiary/aromatic N) is 6. The van der Waals surface area contributed by atoms with Gasteiger partial charge in [0, 0.05) is 129 Å². The Hall–Kier alpha value is -16.7. The molecular formula is C106H76N8O20. The van der Waals surface area contributed by atoms with E-state index in [4.69, 9.17) is 65.7 Å². The minimum atomic E-state index is -1.79. The lowest BCUT2D eigenvalue weighted by Crippen LogP contribution is -2.47. The topological polar surface area (TPSA) is 335 Å². The second-order valence-electron chi connectivity index (χ2n) is 33.6. The third-order valence-corrected chi connectivity index (χ3v) is 23.9. The fourth-order valence-electron chi connectivity index (χ4n) is 17.5. The van der Waals surface area contributed by atoms with E-state index >= 15 is 28.8 Å². The number of imide groups is 2. The van der Waals surface area contributed by atoms with Gasteiger partial charge in [0.1, 0.15) is 80.5 Å². The number of furan rings is 2. The molecule has 11 aromatic carbocycles. The Balaban J connectivity index is 0.783. The van der Waals surface area contributed by atoms with Crippen molar-refractivity contribution in [1.29, 1.82) is 0 Å². The summed E-state index contributed by atoms with van der Waals surface area (Å²) >= 11 is 0. The molecule has 28 heteroatoms. The number of fused-ring (bicyclic) bond motifs is 2. The van der Waals surface area contributed by atoms with Crippen LogP contribution in [-0.4, -0.2) is 116 Å². The van der Waals surface area contributed by atoms with Crippen LogP contribution >= 0.6 is 0 Å². The molecule has 660 valence electrons. The van der Waals surface area contributed by atoms with Gasteiger partial charge in [0.2, 0.25) is 23.5 Å². The van der Waals surface area contributed by atoms with Crippen LogP contribution < -0.4 is 48.5 Å². The summed E-state index contributed by atoms with van der Waals surface area (Å²) in [6.07, 6.45) is 12.4. The number of anilines is 2. The van der Waals surface area contributed by atoms with Gasteiger partial charge in [-0.1, -0.05) is 24.3 Å². The van der Waals surface area contributed by atoms with Gasteiger partial charge >= 0.3 is 0 Å². The fraction of sp³-hybridized carbons (Fsp3) is 0.151. The minimum absolute atomic E-state index is 0.0274. The zero-order chi connectivity index (χ0) is 90.3. The van der Waals surface area contributed by atoms with E-state index in [-0.39, 0.29) is 147 Å². The van der Waals surface area contributed by atoms with Crippen LogP contribution in [0.3, 0.4) is 0 Å². The lowest BCUT2D eigenvalue weighted by Gasteiger charge is -2.35. The Morgan fingerprint density at radius 1 is 0.321 bits per heavy atom. The largest absolute Gasteiger partial charge is 0.467 e. The number of hydrogen-bond donors (Lipinski definition) is 2. The molecule has 0 bridgehead atoms. The molecule has 6 aliphatic heterocycles. The van der Waals surface area contributed by atoms with Gasteiger partial charge in [-0.3, -0.25) is 38.6 Å². The van der Waals surface area contributed by atoms with Crippen LogP contribution in [0.4, 0.5) is 11.4 Å². The van der Waals surface area contributed by atoms with Gasteiger partial charge in [0.15, 0.2) is 12.1 Å². The van der Waals surface area contributed by atoms with Crippen molar-refractivity contribution in [3.63, 3.8) is 0 Å². The number of nitrogens with one attached hydrogen (secondary N) is 2. The number of epoxide rings is 4. The molecular weight excluding hydrogens is 1710 g/mol. The molecule has 12 heterocycles. The molecule has 6 aromatic heterocycles. The number of hydrogen-bond acceptors (Lipinski definition) is 24. The quantitative estimate of drug-likeness (QED) is 0.0171. The van der Waals surface area contributed by atoms with Crippen LogP contribution in [-0.2, 0) is 54.2 Å². The highest BCUT2D eigenvalue weighted by molar-refractivity contribution is 6.45. The van der Waals surface area contributed by atoms with Gasteiger partial charge in [0.25, 0.3) is 35.4 Å². The van der Waals surface area contributed by atoms with E-state index in [1.165, 1.54) is 48.9 Å². The van der Waals surface area contributed by atoms with Crippen LogP contribution in [0.2, 0.25) is 0 Å². The van der Waals surface area contributed by atoms with Crippen molar-refractivity contribution in [2.24, 2.45) is 0 Å². The predicted molar refractivity (Wildman–Crippen MR) is 488 cm³/mol. The number of carbonyl (C=O) groups is 6. The first-order valence-electron chi connectivity index (χ1n) is 43.6. The monoisotopic (exact) mass is 1780 g/mol. The first-order valence-corrected chi connectivity index (χ1v) is 43.6. The van der Waals surface area contributed by atoms with Gasteiger partial charge in [-0.15, -0.1) is 0 Å². The van der Waals surface area contributed by atoms with Gasteiger partial charge < -0.3 is 76.3 Å². The Kier molecular flexibility index (Phi) is 20.8. The van der Waals surface area contributed by atoms with Crippen molar-refractivity contribution < 1.29 is 94.4 Å². The highest BCUT2D eigenvalue weighted by atomic mass is 16.6. The maximum Gasteiger partial charge on any atom is 0.262 e. The predicted octanol–water partition coefficient (Wildman–Crippen LogP) is 21.2. The van der Waals surface area contributed by atoms with Crippen LogP contribution in [0, 0.1) is 13.8 Å². The highest BCUT2D eigenvalue weighted by Gasteiger charge is 2.49. The lowest BCUT2D eigenvalue weighted by molar-refractivity contribution is -0.121. The first-order chi connectivity index (χ1) is 65.5. The van der Waals surface area contributed by atoms with Gasteiger partial charge in [-0.2, -0.15) is 0 Å². The Morgan fingerprint density at radius 3 is 0.821 bits per heavy atom. The molecule has 6 atom stereocenters. The molecule has 0 radical (unpaired) electrons. The summed E-state index contributed by atoms with van der Waals surface area (Å²) in [5.41, 5.74) is 5.55. The number of benzene rings is 11. The Labute approximate surface area is 762 Å². The van der Waals surface area contributed by atoms with Crippen molar-refractivity contribution in [2.75, 3.05) is 37.1 Å². The molecule has 6 unspecified atom stereocenters. The molecule has 4 saturated heterocycles. The number of carbonyl (C=O) groups excluding carboxylic acids is 6. The van der Waals surface area contributed by atoms with Crippen LogP contribution in [0.1, 0.15) is 98.4 Å². The fourth-order valence-corrected chi connectivity index (χ4v) is 17.5. The molecule has 0 spiro atoms. The molecule has 0 saturated carbocycles. The zero-order valence-corrected chi connectivity index (χ0v) is 71.5. The maximum absolute atomic E-state index is 17.0. The lowest BCUT2D eigenvalue weighted by atomic mass is 9.80. The van der Waals surface area contributed by atoms with Crippen molar-refractivity contribution in [3.05, 3.63) is 347 Å². The number of aromatic nitrogens is 4. The number of amides is 6. The Morgan fingerprint density at radius 2 is 0.582 bits per heavy atom. The van der Waals surface area contributed by atoms with E-state index < -0.39 is 47.5 Å². The molecule has 134 heavy (non-hydrogen) atoms. The first kappa shape index (κ1) is 81.8. The van der Waals surface area contributed by atoms with E-state index in [0.717, 1.165) is 43.2 Å². The van der Waals surface area contributed by atoms with E-state index in [0.29, 0.717) is 110 Å². The summed E-state index contributed by atoms with van der Waals surface area (Å²) in [7, 11) is 0. The standard InChI is InChI=1S/C106H76N8O20/c1-57-7-3-9-63(39-57)111-101(115)99(81-11-5-37-121-81)113-103(117)77-49-83(127-65-13-21-69(22-14-65)131-87-45-59(29-33-107-87)41-73-53-123-73)93-95-85(129-67-17-25-71(26-18-67)133-89-47-61(31-35-109-89)43-75-55-125-75)51-79-92-80(106(120)114(105(79)119)100(82-12-6-38-122-82)102(116)112-64-10-4-8-58(2)40-64)52-86(130-68-19-27-72(28-20-68)134-90-48-62(32-36-110-90)44-76-56-126-76)96(98(92)95)94-84(50-78(104(113)118)91(77)97(93)94)128-66-15-23-70(24-16-66)132-88-46-60(30-34-108-88)42-74-54-124-74/h3-40,45-52,73-76,99-100H,41-44,53-56H2,1-2H3,(H,111,115)(H,112,116). The maximum atomic E-state index is 17.0. The average Bonchev–Trinajstić information content (AvgIpc) is 1.34. The number of aryl methyl sites for hydroxylation is 2. The molecule has 6 amide bonds. The minimum Gasteiger partial charge on any atom is -0.467 e. The Bertz CT molecular complexity index is 6770. The van der Waals surface area contributed by atoms with Crippen LogP contribution in [0.15, 0.2) is 289 Å². The molecule has 28 nitrogen and oxygen atoms in total. The highest BCUT2D eigenvalue weighted by Crippen LogP contribution is 2.59. The average molecular weight is 1780 g/mol. The molecule has 6 aliphatic rings. The number of rotatable bonds is 32. The van der Waals surface area contributed by atoms with Gasteiger partial charge in [-0.25, -0.2) is 19.9 Å². The second-order valence-corrected chi connectivity index (χ2v) is 33.6. The molecule has 2 N–H and O–H groups in total. The van der Waals surface area contributed by atoms with E-state index in [9.17, 15) is 0 Å². The third-order valence-electron chi connectivity index (χ3n) is 23.9. The summed E-state index contributed by atoms with van der Waals surface area (Å²) in [4.78, 5) is 119. The summed E-state index contributed by atoms with van der Waals surface area (Å²) in [5.74, 6) is -2.59. The molecule has 0 aliphatic carbocycles. The number of ether oxygens (including phenoxy) is 12. The van der Waals surface area contributed by atoms with Gasteiger partial charge in [-0.05, 0) is 241 Å². The smallest absolute Gasteiger partial charge is 0.262 e. The van der Waals surface area contributed by atoms with Gasteiger partial charge in [0.05, 0.1) is 85.6 Å². The van der Waals surface area contributed by atoms with Crippen molar-refractivity contribution in [2.45, 2.75) is 76.0 Å². The number of pyridine rings is 4. The summed E-state index contributed by atoms with van der Waals surface area (Å²) in [5, 5.41) is 6.66. The SMILES string of the molecule is Cc1cccc(NC(=O)C(c2ccco2)N2C(=O)c3cc(Oc4ccc(Oc5cc(CC6CO6)ccn5)cc4)c4c5c(Oc6ccc(Oc7cc(CC8CO8)ccn7)cc6)cc6c7c(cc(Oc8ccc(Oc9cc(CC%10CO%10)ccn9)cc8)c(c8c(Oc9ccc(Oc%10cc(CC%11CO%11)ccn%10)cc9)cc(c3c48)C2=O)c75)C(=O)N(C(C(=O)Nc2cccc(C)c2)c2ccco2)C6=O)c1. The summed E-state index contributed by atoms with van der Waals surface area (Å²) < 4.78 is 89.9. The summed E-state index contributed by atoms with van der Waals surface area (Å²) in [6.45, 7) is 6.33. The van der Waals surface area contributed by atoms with Crippen molar-refractivity contribution >= 4 is 89.9 Å². The molecule has 23 rings (SSSR count). The van der Waals surface area contributed by atoms with E-state index in [1.807, 2.05) is 74.5 Å². The van der Waals surface area contributed by atoms with E-state index in [2.05, 4.69) is 30.6 Å². The third kappa shape index (κ3) is 16.6. The zero-order valence-electron chi connectivity index (χ0n) is 71.5. The second kappa shape index (κ2) is 34.0. The van der Waals surface area contributed by atoms with Crippen molar-refractivity contribution in [1.82, 2.24) is 29.7 Å².